The molecule has 0 atom stereocenters. The molecule has 0 bridgehead atoms. The number of ether oxygens (including phenoxy) is 1. The molecule has 92 valence electrons. The summed E-state index contributed by atoms with van der Waals surface area (Å²) in [4.78, 5) is 24.3. The van der Waals surface area contributed by atoms with E-state index in [0.717, 1.165) is 6.20 Å². The van der Waals surface area contributed by atoms with E-state index >= 15 is 0 Å². The molecule has 0 aliphatic heterocycles. The SMILES string of the molecule is CCOC(=O)c1cncc(C(F)F)c1[N+](=O)[O-]. The van der Waals surface area contributed by atoms with E-state index in [9.17, 15) is 23.7 Å². The van der Waals surface area contributed by atoms with Gasteiger partial charge in [0.15, 0.2) is 5.56 Å². The summed E-state index contributed by atoms with van der Waals surface area (Å²) in [5.74, 6) is -1.05. The number of carbonyl (C=O) groups excluding carboxylic acids is 1. The first-order chi connectivity index (χ1) is 7.99. The van der Waals surface area contributed by atoms with E-state index in [2.05, 4.69) is 9.72 Å². The van der Waals surface area contributed by atoms with Crippen molar-refractivity contribution in [2.45, 2.75) is 13.3 Å². The smallest absolute Gasteiger partial charge is 0.346 e. The summed E-state index contributed by atoms with van der Waals surface area (Å²) in [7, 11) is 0. The number of alkyl halides is 2. The van der Waals surface area contributed by atoms with Gasteiger partial charge in [-0.1, -0.05) is 0 Å². The molecule has 17 heavy (non-hydrogen) atoms. The Morgan fingerprint density at radius 1 is 1.59 bits per heavy atom. The summed E-state index contributed by atoms with van der Waals surface area (Å²) in [6, 6.07) is 0. The van der Waals surface area contributed by atoms with Crippen LogP contribution in [0.25, 0.3) is 0 Å². The molecule has 0 radical (unpaired) electrons. The Hall–Kier alpha value is -2.12. The number of aromatic nitrogens is 1. The van der Waals surface area contributed by atoms with E-state index in [-0.39, 0.29) is 6.61 Å². The first-order valence-corrected chi connectivity index (χ1v) is 4.56. The molecule has 0 spiro atoms. The summed E-state index contributed by atoms with van der Waals surface area (Å²) < 4.78 is 29.6. The lowest BCUT2D eigenvalue weighted by molar-refractivity contribution is -0.386. The second-order valence-corrected chi connectivity index (χ2v) is 2.90. The van der Waals surface area contributed by atoms with E-state index in [1.165, 1.54) is 6.92 Å². The van der Waals surface area contributed by atoms with Gasteiger partial charge in [-0.2, -0.15) is 0 Å². The van der Waals surface area contributed by atoms with Gasteiger partial charge in [-0.05, 0) is 6.92 Å². The van der Waals surface area contributed by atoms with Crippen LogP contribution in [0, 0.1) is 10.1 Å². The fourth-order valence-electron chi connectivity index (χ4n) is 1.19. The third kappa shape index (κ3) is 2.71. The molecule has 0 amide bonds. The fraction of sp³-hybridized carbons (Fsp3) is 0.333. The molecule has 0 aromatic carbocycles. The number of hydrogen-bond acceptors (Lipinski definition) is 5. The normalized spacial score (nSPS) is 10.4. The number of pyridine rings is 1. The third-order valence-electron chi connectivity index (χ3n) is 1.86. The monoisotopic (exact) mass is 246 g/mol. The molecule has 0 fully saturated rings. The Balaban J connectivity index is 3.35. The van der Waals surface area contributed by atoms with Gasteiger partial charge in [0.1, 0.15) is 5.56 Å². The van der Waals surface area contributed by atoms with E-state index in [4.69, 9.17) is 0 Å². The Kier molecular flexibility index (Phi) is 4.02. The Bertz CT molecular complexity index is 451. The summed E-state index contributed by atoms with van der Waals surface area (Å²) in [6.07, 6.45) is -1.59. The lowest BCUT2D eigenvalue weighted by Gasteiger charge is -2.05. The summed E-state index contributed by atoms with van der Waals surface area (Å²) in [6.45, 7) is 1.48. The highest BCUT2D eigenvalue weighted by atomic mass is 19.3. The highest BCUT2D eigenvalue weighted by molar-refractivity contribution is 5.94. The Morgan fingerprint density at radius 2 is 2.24 bits per heavy atom. The lowest BCUT2D eigenvalue weighted by atomic mass is 10.1. The number of carbonyl (C=O) groups is 1. The van der Waals surface area contributed by atoms with Gasteiger partial charge in [0.05, 0.1) is 11.5 Å². The number of hydrogen-bond donors (Lipinski definition) is 0. The molecule has 6 nitrogen and oxygen atoms in total. The summed E-state index contributed by atoms with van der Waals surface area (Å²) in [5, 5.41) is 10.7. The average molecular weight is 246 g/mol. The van der Waals surface area contributed by atoms with Crippen LogP contribution in [0.2, 0.25) is 0 Å². The zero-order chi connectivity index (χ0) is 13.0. The molecule has 8 heteroatoms. The van der Waals surface area contributed by atoms with Crippen molar-refractivity contribution in [2.24, 2.45) is 0 Å². The quantitative estimate of drug-likeness (QED) is 0.461. The van der Waals surface area contributed by atoms with Gasteiger partial charge in [0, 0.05) is 12.4 Å². The number of nitro groups is 1. The fourth-order valence-corrected chi connectivity index (χ4v) is 1.19. The second kappa shape index (κ2) is 5.28. The second-order valence-electron chi connectivity index (χ2n) is 2.90. The largest absolute Gasteiger partial charge is 0.462 e. The maximum Gasteiger partial charge on any atom is 0.346 e. The minimum Gasteiger partial charge on any atom is -0.462 e. The van der Waals surface area contributed by atoms with Crippen molar-refractivity contribution in [3.63, 3.8) is 0 Å². The molecule has 0 aliphatic carbocycles. The van der Waals surface area contributed by atoms with Gasteiger partial charge in [0.2, 0.25) is 0 Å². The lowest BCUT2D eigenvalue weighted by Crippen LogP contribution is -2.10. The van der Waals surface area contributed by atoms with Crippen LogP contribution in [0.4, 0.5) is 14.5 Å². The molecular formula is C9H8F2N2O4. The maximum absolute atomic E-state index is 12.5. The molecule has 1 aromatic rings. The van der Waals surface area contributed by atoms with E-state index in [0.29, 0.717) is 6.20 Å². The van der Waals surface area contributed by atoms with Crippen molar-refractivity contribution < 1.29 is 23.2 Å². The number of nitrogens with zero attached hydrogens (tertiary/aromatic N) is 2. The predicted octanol–water partition coefficient (Wildman–Crippen LogP) is 2.10. The van der Waals surface area contributed by atoms with Crippen molar-refractivity contribution >= 4 is 11.7 Å². The minimum absolute atomic E-state index is 0.0190. The predicted molar refractivity (Wildman–Crippen MR) is 51.8 cm³/mol. The van der Waals surface area contributed by atoms with Crippen molar-refractivity contribution in [2.75, 3.05) is 6.61 Å². The number of rotatable bonds is 4. The zero-order valence-corrected chi connectivity index (χ0v) is 8.72. The summed E-state index contributed by atoms with van der Waals surface area (Å²) in [5.41, 5.74) is -2.44. The molecule has 1 aromatic heterocycles. The molecule has 0 unspecified atom stereocenters. The molecule has 0 aliphatic rings. The van der Waals surface area contributed by atoms with Crippen LogP contribution in [0.15, 0.2) is 12.4 Å². The average Bonchev–Trinajstić information content (AvgIpc) is 2.28. The molecule has 1 heterocycles. The first-order valence-electron chi connectivity index (χ1n) is 4.56. The van der Waals surface area contributed by atoms with Crippen LogP contribution in [0.5, 0.6) is 0 Å². The highest BCUT2D eigenvalue weighted by Gasteiger charge is 2.30. The standard InChI is InChI=1S/C9H8F2N2O4/c1-2-17-9(14)6-4-12-3-5(8(10)11)7(6)13(15)16/h3-4,8H,2H2,1H3. The van der Waals surface area contributed by atoms with Gasteiger partial charge in [-0.25, -0.2) is 13.6 Å². The van der Waals surface area contributed by atoms with Gasteiger partial charge in [-0.3, -0.25) is 15.1 Å². The summed E-state index contributed by atoms with van der Waals surface area (Å²) >= 11 is 0. The topological polar surface area (TPSA) is 82.3 Å². The molecule has 0 N–H and O–H groups in total. The van der Waals surface area contributed by atoms with Crippen LogP contribution in [0.3, 0.4) is 0 Å². The first kappa shape index (κ1) is 12.9. The van der Waals surface area contributed by atoms with Crippen molar-refractivity contribution in [1.29, 1.82) is 0 Å². The minimum atomic E-state index is -3.09. The van der Waals surface area contributed by atoms with Gasteiger partial charge in [0.25, 0.3) is 12.1 Å². The molecule has 1 rings (SSSR count). The van der Waals surface area contributed by atoms with Crippen molar-refractivity contribution in [3.8, 4) is 0 Å². The van der Waals surface area contributed by atoms with Gasteiger partial charge in [-0.15, -0.1) is 0 Å². The Labute approximate surface area is 94.4 Å². The van der Waals surface area contributed by atoms with Crippen LogP contribution < -0.4 is 0 Å². The van der Waals surface area contributed by atoms with Gasteiger partial charge < -0.3 is 4.74 Å². The van der Waals surface area contributed by atoms with Gasteiger partial charge >= 0.3 is 5.97 Å². The van der Waals surface area contributed by atoms with Crippen molar-refractivity contribution in [1.82, 2.24) is 4.98 Å². The maximum atomic E-state index is 12.5. The van der Waals surface area contributed by atoms with Crippen LogP contribution >= 0.6 is 0 Å². The highest BCUT2D eigenvalue weighted by Crippen LogP contribution is 2.31. The molecular weight excluding hydrogens is 238 g/mol. The van der Waals surface area contributed by atoms with Crippen LogP contribution in [0.1, 0.15) is 29.3 Å². The van der Waals surface area contributed by atoms with E-state index in [1.807, 2.05) is 0 Å². The number of halogens is 2. The third-order valence-corrected chi connectivity index (χ3v) is 1.86. The van der Waals surface area contributed by atoms with Crippen LogP contribution in [-0.4, -0.2) is 22.5 Å². The zero-order valence-electron chi connectivity index (χ0n) is 8.72. The number of esters is 1. The molecule has 0 saturated carbocycles. The van der Waals surface area contributed by atoms with Crippen molar-refractivity contribution in [3.05, 3.63) is 33.6 Å². The van der Waals surface area contributed by atoms with E-state index < -0.39 is 34.1 Å². The van der Waals surface area contributed by atoms with Crippen LogP contribution in [-0.2, 0) is 4.74 Å². The Morgan fingerprint density at radius 3 is 2.71 bits per heavy atom. The van der Waals surface area contributed by atoms with E-state index in [1.54, 1.807) is 0 Å². The molecule has 0 saturated heterocycles.